The molecular formula is C14H21ClN2O2. The first-order chi connectivity index (χ1) is 8.76. The molecule has 5 heteroatoms. The van der Waals surface area contributed by atoms with Gasteiger partial charge in [0, 0.05) is 12.5 Å². The van der Waals surface area contributed by atoms with E-state index in [1.807, 2.05) is 30.0 Å². The van der Waals surface area contributed by atoms with Crippen LogP contribution in [0.3, 0.4) is 0 Å². The van der Waals surface area contributed by atoms with Crippen LogP contribution in [0.25, 0.3) is 0 Å². The van der Waals surface area contributed by atoms with Crippen molar-refractivity contribution in [1.29, 1.82) is 0 Å². The monoisotopic (exact) mass is 284 g/mol. The first-order valence-electron chi connectivity index (χ1n) is 6.52. The number of halogens is 1. The van der Waals surface area contributed by atoms with Crippen molar-refractivity contribution in [3.8, 4) is 5.75 Å². The lowest BCUT2D eigenvalue weighted by molar-refractivity contribution is -0.837. The number of piperazine rings is 1. The number of nitrogens with one attached hydrogen (secondary N) is 1. The van der Waals surface area contributed by atoms with E-state index in [0.717, 1.165) is 31.9 Å². The Kier molecular flexibility index (Phi) is 6.12. The zero-order valence-electron chi connectivity index (χ0n) is 11.5. The van der Waals surface area contributed by atoms with E-state index in [2.05, 4.69) is 6.07 Å². The maximum atomic E-state index is 11.6. The van der Waals surface area contributed by atoms with Crippen molar-refractivity contribution in [2.75, 3.05) is 33.3 Å². The molecule has 4 nitrogen and oxygen atoms in total. The van der Waals surface area contributed by atoms with Gasteiger partial charge in [-0.25, -0.2) is 0 Å². The van der Waals surface area contributed by atoms with E-state index < -0.39 is 0 Å². The smallest absolute Gasteiger partial charge is 0.222 e. The van der Waals surface area contributed by atoms with Crippen molar-refractivity contribution >= 4 is 11.6 Å². The van der Waals surface area contributed by atoms with Gasteiger partial charge >= 0.3 is 0 Å². The van der Waals surface area contributed by atoms with Crippen LogP contribution in [0.2, 0.25) is 0 Å². The Labute approximate surface area is 120 Å². The first kappa shape index (κ1) is 15.8. The lowest BCUT2D eigenvalue weighted by Gasteiger charge is -2.32. The number of carbonyl (C=O) groups is 1. The van der Waals surface area contributed by atoms with E-state index in [4.69, 9.17) is 4.74 Å². The third-order valence-electron chi connectivity index (χ3n) is 3.51. The Morgan fingerprint density at radius 1 is 1.32 bits per heavy atom. The van der Waals surface area contributed by atoms with Crippen LogP contribution in [0.5, 0.6) is 5.75 Å². The average molecular weight is 285 g/mol. The third kappa shape index (κ3) is 3.61. The molecule has 0 aromatic heterocycles. The second kappa shape index (κ2) is 7.36. The summed E-state index contributed by atoms with van der Waals surface area (Å²) < 4.78 is 5.39. The summed E-state index contributed by atoms with van der Waals surface area (Å²) in [7, 11) is 1.70. The van der Waals surface area contributed by atoms with E-state index in [-0.39, 0.29) is 18.3 Å². The number of nitrogens with zero attached hydrogens (tertiary/aromatic N) is 1. The van der Waals surface area contributed by atoms with Gasteiger partial charge in [-0.2, -0.15) is 0 Å². The van der Waals surface area contributed by atoms with E-state index in [1.165, 1.54) is 10.6 Å². The Morgan fingerprint density at radius 3 is 2.53 bits per heavy atom. The van der Waals surface area contributed by atoms with Crippen molar-refractivity contribution in [2.45, 2.75) is 13.3 Å². The highest BCUT2D eigenvalue weighted by Crippen LogP contribution is 2.19. The molecule has 1 aliphatic heterocycles. The number of carbonyl (C=O) groups excluding carboxylic acids is 1. The standard InChI is InChI=1S/C14H20N2O2.ClH/c1-3-14(17)16-10-8-15(9-11-16)12-6-4-5-7-13(12)18-2;/h4-7H,3,8-11H2,1-2H3;1H. The molecule has 1 aromatic rings. The van der Waals surface area contributed by atoms with Gasteiger partial charge in [0.1, 0.15) is 0 Å². The van der Waals surface area contributed by atoms with Gasteiger partial charge in [0.2, 0.25) is 5.91 Å². The molecule has 1 N–H and O–H groups in total. The normalized spacial score (nSPS) is 15.8. The second-order valence-electron chi connectivity index (χ2n) is 4.54. The quantitative estimate of drug-likeness (QED) is 0.664. The molecule has 106 valence electrons. The van der Waals surface area contributed by atoms with Crippen molar-refractivity contribution in [2.24, 2.45) is 0 Å². The highest BCUT2D eigenvalue weighted by molar-refractivity contribution is 5.75. The Balaban J connectivity index is 0.00000180. The van der Waals surface area contributed by atoms with Crippen LogP contribution in [0.4, 0.5) is 5.69 Å². The maximum absolute atomic E-state index is 11.6. The van der Waals surface area contributed by atoms with Crippen LogP contribution >= 0.6 is 0 Å². The SMILES string of the molecule is CCC(=O)N1CC[NH+](c2ccccc2OC)CC1.[Cl-]. The number of amides is 1. The minimum absolute atomic E-state index is 0. The Bertz CT molecular complexity index is 418. The summed E-state index contributed by atoms with van der Waals surface area (Å²) in [5.74, 6) is 1.19. The van der Waals surface area contributed by atoms with E-state index >= 15 is 0 Å². The average Bonchev–Trinajstić information content (AvgIpc) is 2.46. The molecule has 1 aliphatic rings. The minimum Gasteiger partial charge on any atom is -1.00 e. The zero-order valence-corrected chi connectivity index (χ0v) is 12.2. The summed E-state index contributed by atoms with van der Waals surface area (Å²) in [4.78, 5) is 15.0. The molecule has 1 saturated heterocycles. The molecule has 1 heterocycles. The molecule has 2 rings (SSSR count). The van der Waals surface area contributed by atoms with E-state index in [9.17, 15) is 4.79 Å². The number of benzene rings is 1. The van der Waals surface area contributed by atoms with Crippen LogP contribution in [-0.2, 0) is 4.79 Å². The number of hydrogen-bond acceptors (Lipinski definition) is 2. The fraction of sp³-hybridized carbons (Fsp3) is 0.500. The summed E-state index contributed by atoms with van der Waals surface area (Å²) in [5.41, 5.74) is 1.20. The maximum Gasteiger partial charge on any atom is 0.222 e. The highest BCUT2D eigenvalue weighted by Gasteiger charge is 2.25. The van der Waals surface area contributed by atoms with Gasteiger partial charge in [-0.1, -0.05) is 19.1 Å². The fourth-order valence-corrected chi connectivity index (χ4v) is 2.46. The van der Waals surface area contributed by atoms with Crippen molar-refractivity contribution in [3.63, 3.8) is 0 Å². The molecule has 0 saturated carbocycles. The number of ether oxygens (including phenoxy) is 1. The molecule has 0 spiro atoms. The predicted molar refractivity (Wildman–Crippen MR) is 70.2 cm³/mol. The lowest BCUT2D eigenvalue weighted by Crippen LogP contribution is -3.10. The third-order valence-corrected chi connectivity index (χ3v) is 3.51. The largest absolute Gasteiger partial charge is 1.00 e. The molecular weight excluding hydrogens is 264 g/mol. The van der Waals surface area contributed by atoms with Crippen molar-refractivity contribution < 1.29 is 26.8 Å². The molecule has 1 amide bonds. The van der Waals surface area contributed by atoms with Gasteiger partial charge in [-0.3, -0.25) is 9.69 Å². The molecule has 0 radical (unpaired) electrons. The number of para-hydroxylation sites is 2. The van der Waals surface area contributed by atoms with Crippen LogP contribution in [0, 0.1) is 0 Å². The molecule has 1 aromatic carbocycles. The number of methoxy groups -OCH3 is 1. The summed E-state index contributed by atoms with van der Waals surface area (Å²) >= 11 is 0. The number of quaternary nitrogens is 1. The molecule has 0 bridgehead atoms. The molecule has 0 aliphatic carbocycles. The first-order valence-corrected chi connectivity index (χ1v) is 6.52. The van der Waals surface area contributed by atoms with Crippen LogP contribution < -0.4 is 22.0 Å². The van der Waals surface area contributed by atoms with Crippen molar-refractivity contribution in [1.82, 2.24) is 4.90 Å². The van der Waals surface area contributed by atoms with Gasteiger partial charge in [-0.05, 0) is 6.07 Å². The van der Waals surface area contributed by atoms with E-state index in [1.54, 1.807) is 7.11 Å². The van der Waals surface area contributed by atoms with Gasteiger partial charge in [-0.15, -0.1) is 0 Å². The molecule has 0 unspecified atom stereocenters. The molecule has 1 fully saturated rings. The highest BCUT2D eigenvalue weighted by atomic mass is 35.5. The predicted octanol–water partition coefficient (Wildman–Crippen LogP) is -2.53. The Hall–Kier alpha value is -1.26. The summed E-state index contributed by atoms with van der Waals surface area (Å²) in [6.07, 6.45) is 0.601. The lowest BCUT2D eigenvalue weighted by atomic mass is 10.2. The summed E-state index contributed by atoms with van der Waals surface area (Å²) in [6.45, 7) is 5.49. The van der Waals surface area contributed by atoms with Crippen LogP contribution in [0.1, 0.15) is 13.3 Å². The van der Waals surface area contributed by atoms with Crippen molar-refractivity contribution in [3.05, 3.63) is 24.3 Å². The van der Waals surface area contributed by atoms with Gasteiger partial charge in [0.05, 0.1) is 33.3 Å². The zero-order chi connectivity index (χ0) is 13.0. The summed E-state index contributed by atoms with van der Waals surface area (Å²) in [6, 6.07) is 8.12. The second-order valence-corrected chi connectivity index (χ2v) is 4.54. The number of hydrogen-bond donors (Lipinski definition) is 1. The topological polar surface area (TPSA) is 34.0 Å². The minimum atomic E-state index is 0. The van der Waals surface area contributed by atoms with Crippen LogP contribution in [-0.4, -0.2) is 44.1 Å². The summed E-state index contributed by atoms with van der Waals surface area (Å²) in [5, 5.41) is 0. The van der Waals surface area contributed by atoms with Gasteiger partial charge in [0.25, 0.3) is 0 Å². The van der Waals surface area contributed by atoms with Crippen LogP contribution in [0.15, 0.2) is 24.3 Å². The molecule has 0 atom stereocenters. The molecule has 19 heavy (non-hydrogen) atoms. The van der Waals surface area contributed by atoms with Gasteiger partial charge < -0.3 is 22.0 Å². The van der Waals surface area contributed by atoms with E-state index in [0.29, 0.717) is 6.42 Å². The number of rotatable bonds is 3. The fourth-order valence-electron chi connectivity index (χ4n) is 2.46. The van der Waals surface area contributed by atoms with Gasteiger partial charge in [0.15, 0.2) is 11.4 Å². The Morgan fingerprint density at radius 2 is 1.95 bits per heavy atom.